The summed E-state index contributed by atoms with van der Waals surface area (Å²) in [6.07, 6.45) is 0.697. The largest absolute Gasteiger partial charge is 0.477 e. The lowest BCUT2D eigenvalue weighted by Crippen LogP contribution is -2.06. The standard InChI is InChI=1S/C9H11ClN2O2/c1-5(2)3-6-4-7(8(13)14)12-9(10)11-6/h4-5H,3H2,1-2H3,(H,13,14). The highest BCUT2D eigenvalue weighted by atomic mass is 35.5. The fourth-order valence-corrected chi connectivity index (χ4v) is 1.30. The molecule has 0 aliphatic rings. The van der Waals surface area contributed by atoms with Crippen LogP contribution in [0.4, 0.5) is 0 Å². The molecule has 1 aromatic heterocycles. The number of hydrogen-bond donors (Lipinski definition) is 1. The highest BCUT2D eigenvalue weighted by Gasteiger charge is 2.09. The van der Waals surface area contributed by atoms with Crippen molar-refractivity contribution in [1.29, 1.82) is 0 Å². The minimum absolute atomic E-state index is 0.0134. The molecule has 4 nitrogen and oxygen atoms in total. The van der Waals surface area contributed by atoms with E-state index in [1.165, 1.54) is 6.07 Å². The third kappa shape index (κ3) is 2.96. The van der Waals surface area contributed by atoms with Crippen LogP contribution in [0, 0.1) is 5.92 Å². The fraction of sp³-hybridized carbons (Fsp3) is 0.444. The molecule has 14 heavy (non-hydrogen) atoms. The minimum Gasteiger partial charge on any atom is -0.477 e. The third-order valence-electron chi connectivity index (χ3n) is 1.59. The van der Waals surface area contributed by atoms with Crippen LogP contribution in [0.25, 0.3) is 0 Å². The van der Waals surface area contributed by atoms with E-state index in [-0.39, 0.29) is 11.0 Å². The molecular formula is C9H11ClN2O2. The van der Waals surface area contributed by atoms with Crippen LogP contribution in [0.5, 0.6) is 0 Å². The summed E-state index contributed by atoms with van der Waals surface area (Å²) in [5, 5.41) is 8.71. The second kappa shape index (κ2) is 4.37. The summed E-state index contributed by atoms with van der Waals surface area (Å²) < 4.78 is 0. The number of aromatic carboxylic acids is 1. The van der Waals surface area contributed by atoms with E-state index < -0.39 is 5.97 Å². The van der Waals surface area contributed by atoms with E-state index in [2.05, 4.69) is 9.97 Å². The zero-order valence-corrected chi connectivity index (χ0v) is 8.75. The van der Waals surface area contributed by atoms with E-state index in [0.717, 1.165) is 0 Å². The van der Waals surface area contributed by atoms with E-state index in [1.54, 1.807) is 0 Å². The predicted octanol–water partition coefficient (Wildman–Crippen LogP) is 2.03. The molecule has 0 atom stereocenters. The van der Waals surface area contributed by atoms with Crippen LogP contribution in [-0.4, -0.2) is 21.0 Å². The van der Waals surface area contributed by atoms with Gasteiger partial charge >= 0.3 is 5.97 Å². The predicted molar refractivity (Wildman–Crippen MR) is 52.5 cm³/mol. The number of hydrogen-bond acceptors (Lipinski definition) is 3. The molecule has 0 unspecified atom stereocenters. The zero-order valence-electron chi connectivity index (χ0n) is 7.99. The maximum Gasteiger partial charge on any atom is 0.354 e. The lowest BCUT2D eigenvalue weighted by atomic mass is 10.1. The fourth-order valence-electron chi connectivity index (χ4n) is 1.10. The number of nitrogens with zero attached hydrogens (tertiary/aromatic N) is 2. The molecule has 1 aromatic rings. The first kappa shape index (κ1) is 10.9. The molecule has 0 saturated carbocycles. The third-order valence-corrected chi connectivity index (χ3v) is 1.76. The van der Waals surface area contributed by atoms with Gasteiger partial charge < -0.3 is 5.11 Å². The molecule has 1 heterocycles. The van der Waals surface area contributed by atoms with Gasteiger partial charge in [-0.3, -0.25) is 0 Å². The van der Waals surface area contributed by atoms with Crippen LogP contribution < -0.4 is 0 Å². The molecule has 0 amide bonds. The monoisotopic (exact) mass is 214 g/mol. The summed E-state index contributed by atoms with van der Waals surface area (Å²) in [5.41, 5.74) is 0.609. The van der Waals surface area contributed by atoms with Gasteiger partial charge in [0.2, 0.25) is 5.28 Å². The highest BCUT2D eigenvalue weighted by Crippen LogP contribution is 2.10. The van der Waals surface area contributed by atoms with Crippen molar-refractivity contribution < 1.29 is 9.90 Å². The molecule has 0 spiro atoms. The molecule has 0 saturated heterocycles. The number of halogens is 1. The maximum absolute atomic E-state index is 10.6. The molecule has 0 aliphatic heterocycles. The van der Waals surface area contributed by atoms with Gasteiger partial charge in [-0.25, -0.2) is 14.8 Å². The Hall–Kier alpha value is -1.16. The van der Waals surface area contributed by atoms with Crippen molar-refractivity contribution in [3.63, 3.8) is 0 Å². The Kier molecular flexibility index (Phi) is 3.41. The van der Waals surface area contributed by atoms with Crippen LogP contribution in [0.2, 0.25) is 5.28 Å². The average molecular weight is 215 g/mol. The van der Waals surface area contributed by atoms with Crippen molar-refractivity contribution in [3.8, 4) is 0 Å². The quantitative estimate of drug-likeness (QED) is 0.782. The number of carboxylic acid groups (broad SMARTS) is 1. The lowest BCUT2D eigenvalue weighted by Gasteiger charge is -2.04. The van der Waals surface area contributed by atoms with Crippen molar-refractivity contribution in [2.75, 3.05) is 0 Å². The highest BCUT2D eigenvalue weighted by molar-refractivity contribution is 6.28. The molecule has 0 aromatic carbocycles. The van der Waals surface area contributed by atoms with E-state index in [4.69, 9.17) is 16.7 Å². The second-order valence-corrected chi connectivity index (χ2v) is 3.75. The van der Waals surface area contributed by atoms with Crippen molar-refractivity contribution >= 4 is 17.6 Å². The Morgan fingerprint density at radius 1 is 1.57 bits per heavy atom. The first-order valence-corrected chi connectivity index (χ1v) is 4.63. The van der Waals surface area contributed by atoms with Gasteiger partial charge in [-0.1, -0.05) is 13.8 Å². The van der Waals surface area contributed by atoms with Gasteiger partial charge in [0.15, 0.2) is 5.69 Å². The average Bonchev–Trinajstić information content (AvgIpc) is 2.01. The molecule has 0 aliphatic carbocycles. The first-order chi connectivity index (χ1) is 6.49. The van der Waals surface area contributed by atoms with Gasteiger partial charge in [-0.2, -0.15) is 0 Å². The summed E-state index contributed by atoms with van der Waals surface area (Å²) in [5.74, 6) is -0.679. The number of rotatable bonds is 3. The van der Waals surface area contributed by atoms with Gasteiger partial charge in [0.25, 0.3) is 0 Å². The summed E-state index contributed by atoms with van der Waals surface area (Å²) in [4.78, 5) is 18.2. The van der Waals surface area contributed by atoms with Crippen LogP contribution in [0.3, 0.4) is 0 Å². The molecule has 0 bridgehead atoms. The zero-order chi connectivity index (χ0) is 10.7. The second-order valence-electron chi connectivity index (χ2n) is 3.42. The van der Waals surface area contributed by atoms with E-state index in [9.17, 15) is 4.79 Å². The Morgan fingerprint density at radius 3 is 2.71 bits per heavy atom. The van der Waals surface area contributed by atoms with Crippen LogP contribution in [0.1, 0.15) is 30.0 Å². The van der Waals surface area contributed by atoms with Gasteiger partial charge in [0.05, 0.1) is 0 Å². The normalized spacial score (nSPS) is 10.6. The van der Waals surface area contributed by atoms with E-state index in [1.807, 2.05) is 13.8 Å². The van der Waals surface area contributed by atoms with Gasteiger partial charge in [-0.05, 0) is 30.0 Å². The summed E-state index contributed by atoms with van der Waals surface area (Å²) in [6, 6.07) is 1.45. The maximum atomic E-state index is 10.6. The number of aromatic nitrogens is 2. The molecule has 5 heteroatoms. The molecular weight excluding hydrogens is 204 g/mol. The van der Waals surface area contributed by atoms with Gasteiger partial charge in [-0.15, -0.1) is 0 Å². The van der Waals surface area contributed by atoms with E-state index >= 15 is 0 Å². The van der Waals surface area contributed by atoms with E-state index in [0.29, 0.717) is 18.0 Å². The SMILES string of the molecule is CC(C)Cc1cc(C(=O)O)nc(Cl)n1. The van der Waals surface area contributed by atoms with Crippen molar-refractivity contribution in [2.24, 2.45) is 5.92 Å². The molecule has 1 rings (SSSR count). The number of carboxylic acids is 1. The lowest BCUT2D eigenvalue weighted by molar-refractivity contribution is 0.0690. The van der Waals surface area contributed by atoms with Gasteiger partial charge in [0.1, 0.15) is 0 Å². The van der Waals surface area contributed by atoms with Crippen LogP contribution >= 0.6 is 11.6 Å². The number of carbonyl (C=O) groups is 1. The molecule has 76 valence electrons. The summed E-state index contributed by atoms with van der Waals surface area (Å²) in [6.45, 7) is 4.05. The Labute approximate surface area is 87.0 Å². The van der Waals surface area contributed by atoms with Crippen molar-refractivity contribution in [1.82, 2.24) is 9.97 Å². The molecule has 0 fully saturated rings. The van der Waals surface area contributed by atoms with Crippen LogP contribution in [-0.2, 0) is 6.42 Å². The topological polar surface area (TPSA) is 63.1 Å². The smallest absolute Gasteiger partial charge is 0.354 e. The van der Waals surface area contributed by atoms with Crippen molar-refractivity contribution in [2.45, 2.75) is 20.3 Å². The Morgan fingerprint density at radius 2 is 2.21 bits per heavy atom. The summed E-state index contributed by atoms with van der Waals surface area (Å²) in [7, 11) is 0. The minimum atomic E-state index is -1.08. The Balaban J connectivity index is 3.01. The first-order valence-electron chi connectivity index (χ1n) is 4.25. The van der Waals surface area contributed by atoms with Crippen molar-refractivity contribution in [3.05, 3.63) is 22.7 Å². The van der Waals surface area contributed by atoms with Gasteiger partial charge in [0, 0.05) is 5.69 Å². The molecule has 0 radical (unpaired) electrons. The van der Waals surface area contributed by atoms with Crippen LogP contribution in [0.15, 0.2) is 6.07 Å². The molecule has 1 N–H and O–H groups in total. The Bertz CT molecular complexity index is 353. The summed E-state index contributed by atoms with van der Waals surface area (Å²) >= 11 is 5.59.